The lowest BCUT2D eigenvalue weighted by molar-refractivity contribution is -0.137. The van der Waals surface area contributed by atoms with Crippen LogP contribution in [0, 0.1) is 6.92 Å². The number of aliphatic imine (C=N–C) groups is 1. The molecule has 1 aromatic carbocycles. The summed E-state index contributed by atoms with van der Waals surface area (Å²) >= 11 is 5.61. The van der Waals surface area contributed by atoms with Crippen molar-refractivity contribution in [1.29, 1.82) is 0 Å². The maximum absolute atomic E-state index is 12.0. The molecule has 2 rings (SSSR count). The summed E-state index contributed by atoms with van der Waals surface area (Å²) in [6.45, 7) is 4.32. The number of ether oxygens (including phenoxy) is 2. The Kier molecular flexibility index (Phi) is 6.03. The summed E-state index contributed by atoms with van der Waals surface area (Å²) < 4.78 is 10.8. The summed E-state index contributed by atoms with van der Waals surface area (Å²) in [6, 6.07) is 5.39. The fraction of sp³-hybridized carbons (Fsp3) is 0.467. The molecule has 0 unspecified atom stereocenters. The molecule has 7 heteroatoms. The predicted molar refractivity (Wildman–Crippen MR) is 86.1 cm³/mol. The van der Waals surface area contributed by atoms with Crippen LogP contribution >= 0.6 is 11.6 Å². The van der Waals surface area contributed by atoms with Crippen LogP contribution in [0.25, 0.3) is 0 Å². The molecule has 1 saturated heterocycles. The van der Waals surface area contributed by atoms with E-state index in [0.717, 1.165) is 11.3 Å². The smallest absolute Gasteiger partial charge is 0.260 e. The molecule has 0 radical (unpaired) electrons. The van der Waals surface area contributed by atoms with Gasteiger partial charge >= 0.3 is 0 Å². The minimum atomic E-state index is -0.0329. The minimum absolute atomic E-state index is 0.0197. The van der Waals surface area contributed by atoms with Crippen molar-refractivity contribution in [3.05, 3.63) is 23.8 Å². The Morgan fingerprint density at radius 3 is 2.82 bits per heavy atom. The lowest BCUT2D eigenvalue weighted by atomic mass is 10.2. The van der Waals surface area contributed by atoms with E-state index in [9.17, 15) is 4.79 Å². The molecular formula is C15H20ClN3O3. The van der Waals surface area contributed by atoms with E-state index in [0.29, 0.717) is 37.9 Å². The molecule has 0 aliphatic carbocycles. The Bertz CT molecular complexity index is 557. The maximum atomic E-state index is 12.0. The molecule has 0 spiro atoms. The zero-order chi connectivity index (χ0) is 15.9. The number of morpholine rings is 1. The van der Waals surface area contributed by atoms with Crippen molar-refractivity contribution >= 4 is 29.0 Å². The fourth-order valence-electron chi connectivity index (χ4n) is 2.08. The number of amidine groups is 1. The molecule has 0 atom stereocenters. The monoisotopic (exact) mass is 325 g/mol. The van der Waals surface area contributed by atoms with Crippen LogP contribution in [0.4, 0.5) is 5.69 Å². The largest absolute Gasteiger partial charge is 0.484 e. The molecule has 2 N–H and O–H groups in total. The van der Waals surface area contributed by atoms with Crippen LogP contribution in [-0.4, -0.2) is 55.4 Å². The van der Waals surface area contributed by atoms with E-state index in [1.165, 1.54) is 0 Å². The van der Waals surface area contributed by atoms with E-state index >= 15 is 0 Å². The third-order valence-corrected chi connectivity index (χ3v) is 3.57. The highest BCUT2D eigenvalue weighted by molar-refractivity contribution is 6.28. The first kappa shape index (κ1) is 16.6. The van der Waals surface area contributed by atoms with Crippen molar-refractivity contribution in [2.24, 2.45) is 10.7 Å². The van der Waals surface area contributed by atoms with Crippen LogP contribution < -0.4 is 10.5 Å². The highest BCUT2D eigenvalue weighted by atomic mass is 35.5. The first-order valence-electron chi connectivity index (χ1n) is 7.08. The summed E-state index contributed by atoms with van der Waals surface area (Å²) in [4.78, 5) is 18.0. The number of rotatable bonds is 5. The van der Waals surface area contributed by atoms with Crippen molar-refractivity contribution in [2.45, 2.75) is 6.92 Å². The van der Waals surface area contributed by atoms with E-state index in [2.05, 4.69) is 4.99 Å². The van der Waals surface area contributed by atoms with Gasteiger partial charge in [0, 0.05) is 13.1 Å². The van der Waals surface area contributed by atoms with Gasteiger partial charge in [-0.3, -0.25) is 4.79 Å². The quantitative estimate of drug-likeness (QED) is 0.505. The molecule has 0 aromatic heterocycles. The molecule has 120 valence electrons. The number of amides is 1. The van der Waals surface area contributed by atoms with Crippen LogP contribution in [0.3, 0.4) is 0 Å². The highest BCUT2D eigenvalue weighted by Crippen LogP contribution is 2.24. The van der Waals surface area contributed by atoms with Gasteiger partial charge in [-0.05, 0) is 30.7 Å². The van der Waals surface area contributed by atoms with Gasteiger partial charge in [0.1, 0.15) is 11.6 Å². The summed E-state index contributed by atoms with van der Waals surface area (Å²) in [5.41, 5.74) is 7.27. The topological polar surface area (TPSA) is 77.1 Å². The number of aryl methyl sites for hydroxylation is 1. The number of benzene rings is 1. The molecule has 0 bridgehead atoms. The molecule has 1 aliphatic heterocycles. The molecule has 22 heavy (non-hydrogen) atoms. The standard InChI is InChI=1S/C15H20ClN3O3/c1-11-8-12(2-3-13(11)18-14(17)9-16)22-10-15(20)19-4-6-21-7-5-19/h2-3,8H,4-7,9-10H2,1H3,(H2,17,18). The Morgan fingerprint density at radius 2 is 2.18 bits per heavy atom. The number of halogens is 1. The van der Waals surface area contributed by atoms with E-state index in [-0.39, 0.29) is 18.4 Å². The SMILES string of the molecule is Cc1cc(OCC(=O)N2CCOCC2)ccc1N=C(N)CCl. The summed E-state index contributed by atoms with van der Waals surface area (Å²) in [5.74, 6) is 1.14. The summed E-state index contributed by atoms with van der Waals surface area (Å²) in [6.07, 6.45) is 0. The molecular weight excluding hydrogens is 306 g/mol. The van der Waals surface area contributed by atoms with Crippen LogP contribution in [-0.2, 0) is 9.53 Å². The summed E-state index contributed by atoms with van der Waals surface area (Å²) in [7, 11) is 0. The van der Waals surface area contributed by atoms with Gasteiger partial charge < -0.3 is 20.1 Å². The van der Waals surface area contributed by atoms with Crippen molar-refractivity contribution < 1.29 is 14.3 Å². The fourth-order valence-corrected chi connectivity index (χ4v) is 2.14. The van der Waals surface area contributed by atoms with Crippen LogP contribution in [0.1, 0.15) is 5.56 Å². The van der Waals surface area contributed by atoms with Crippen molar-refractivity contribution in [3.63, 3.8) is 0 Å². The average molecular weight is 326 g/mol. The number of nitrogens with zero attached hydrogens (tertiary/aromatic N) is 2. The number of carbonyl (C=O) groups is 1. The molecule has 1 heterocycles. The lowest BCUT2D eigenvalue weighted by Gasteiger charge is -2.26. The zero-order valence-corrected chi connectivity index (χ0v) is 13.3. The van der Waals surface area contributed by atoms with E-state index in [1.807, 2.05) is 13.0 Å². The molecule has 1 amide bonds. The Labute approximate surface area is 134 Å². The van der Waals surface area contributed by atoms with Gasteiger partial charge in [-0.2, -0.15) is 0 Å². The molecule has 6 nitrogen and oxygen atoms in total. The van der Waals surface area contributed by atoms with Crippen molar-refractivity contribution in [3.8, 4) is 5.75 Å². The second-order valence-electron chi connectivity index (χ2n) is 4.97. The minimum Gasteiger partial charge on any atom is -0.484 e. The number of carbonyl (C=O) groups excluding carboxylic acids is 1. The van der Waals surface area contributed by atoms with E-state index < -0.39 is 0 Å². The molecule has 1 aliphatic rings. The van der Waals surface area contributed by atoms with Crippen LogP contribution in [0.2, 0.25) is 0 Å². The molecule has 1 fully saturated rings. The molecule has 1 aromatic rings. The number of hydrogen-bond donors (Lipinski definition) is 1. The third kappa shape index (κ3) is 4.61. The number of nitrogens with two attached hydrogens (primary N) is 1. The number of hydrogen-bond acceptors (Lipinski definition) is 4. The maximum Gasteiger partial charge on any atom is 0.260 e. The van der Waals surface area contributed by atoms with E-state index in [4.69, 9.17) is 26.8 Å². The Morgan fingerprint density at radius 1 is 1.45 bits per heavy atom. The van der Waals surface area contributed by atoms with Gasteiger partial charge in [-0.1, -0.05) is 0 Å². The van der Waals surface area contributed by atoms with Crippen LogP contribution in [0.5, 0.6) is 5.75 Å². The normalized spacial score (nSPS) is 15.7. The first-order chi connectivity index (χ1) is 10.6. The first-order valence-corrected chi connectivity index (χ1v) is 7.61. The highest BCUT2D eigenvalue weighted by Gasteiger charge is 2.17. The van der Waals surface area contributed by atoms with Crippen molar-refractivity contribution in [2.75, 3.05) is 38.8 Å². The second kappa shape index (κ2) is 8.00. The van der Waals surface area contributed by atoms with Gasteiger partial charge in [-0.15, -0.1) is 11.6 Å². The van der Waals surface area contributed by atoms with Crippen LogP contribution in [0.15, 0.2) is 23.2 Å². The number of alkyl halides is 1. The predicted octanol–water partition coefficient (Wildman–Crippen LogP) is 1.46. The van der Waals surface area contributed by atoms with Gasteiger partial charge in [0.05, 0.1) is 24.8 Å². The second-order valence-corrected chi connectivity index (χ2v) is 5.23. The van der Waals surface area contributed by atoms with Gasteiger partial charge in [0.25, 0.3) is 5.91 Å². The van der Waals surface area contributed by atoms with E-state index in [1.54, 1.807) is 17.0 Å². The average Bonchev–Trinajstić information content (AvgIpc) is 2.55. The van der Waals surface area contributed by atoms with Gasteiger partial charge in [0.15, 0.2) is 6.61 Å². The third-order valence-electron chi connectivity index (χ3n) is 3.30. The van der Waals surface area contributed by atoms with Crippen molar-refractivity contribution in [1.82, 2.24) is 4.90 Å². The van der Waals surface area contributed by atoms with Gasteiger partial charge in [-0.25, -0.2) is 4.99 Å². The summed E-state index contributed by atoms with van der Waals surface area (Å²) in [5, 5.41) is 0. The van der Waals surface area contributed by atoms with Gasteiger partial charge in [0.2, 0.25) is 0 Å². The molecule has 0 saturated carbocycles. The Balaban J connectivity index is 1.93. The zero-order valence-electron chi connectivity index (χ0n) is 12.5. The lowest BCUT2D eigenvalue weighted by Crippen LogP contribution is -2.42. The Hall–Kier alpha value is -1.79.